The molecule has 0 saturated heterocycles. The smallest absolute Gasteiger partial charge is 0.213 e. The van der Waals surface area contributed by atoms with E-state index in [9.17, 15) is 4.79 Å². The maximum atomic E-state index is 11.3. The Balaban J connectivity index is 3.18. The van der Waals surface area contributed by atoms with Crippen molar-refractivity contribution in [3.63, 3.8) is 0 Å². The van der Waals surface area contributed by atoms with Gasteiger partial charge in [0.1, 0.15) is 4.47 Å². The number of hydrogen-bond acceptors (Lipinski definition) is 2. The number of ether oxygens (including phenoxy) is 1. The quantitative estimate of drug-likeness (QED) is 0.910. The molecular formula is C7H7Br2NO2. The highest BCUT2D eigenvalue weighted by atomic mass is 79.9. The second-order valence-electron chi connectivity index (χ2n) is 2.04. The second-order valence-corrected chi connectivity index (χ2v) is 3.69. The third-order valence-corrected chi connectivity index (χ3v) is 2.54. The lowest BCUT2D eigenvalue weighted by Gasteiger charge is -2.04. The Morgan fingerprint density at radius 2 is 2.25 bits per heavy atom. The summed E-state index contributed by atoms with van der Waals surface area (Å²) < 4.78 is 6.05. The molecule has 0 amide bonds. The van der Waals surface area contributed by atoms with Crippen LogP contribution in [0.4, 0.5) is 0 Å². The molecule has 0 aromatic carbocycles. The maximum Gasteiger partial charge on any atom is 0.213 e. The fourth-order valence-corrected chi connectivity index (χ4v) is 1.74. The average molecular weight is 297 g/mol. The highest BCUT2D eigenvalue weighted by molar-refractivity contribution is 9.11. The number of nitrogens with one attached hydrogen (secondary N) is 1. The summed E-state index contributed by atoms with van der Waals surface area (Å²) in [4.78, 5) is 14.1. The highest BCUT2D eigenvalue weighted by Crippen LogP contribution is 2.19. The number of aromatic amines is 1. The Bertz CT molecular complexity index is 335. The molecule has 1 rings (SSSR count). The number of pyridine rings is 1. The van der Waals surface area contributed by atoms with E-state index in [-0.39, 0.29) is 5.43 Å². The van der Waals surface area contributed by atoms with Crippen molar-refractivity contribution in [2.45, 2.75) is 6.92 Å². The van der Waals surface area contributed by atoms with Crippen molar-refractivity contribution in [2.24, 2.45) is 0 Å². The van der Waals surface area contributed by atoms with E-state index >= 15 is 0 Å². The zero-order chi connectivity index (χ0) is 9.14. The van der Waals surface area contributed by atoms with Crippen LogP contribution in [0.2, 0.25) is 0 Å². The summed E-state index contributed by atoms with van der Waals surface area (Å²) >= 11 is 6.24. The topological polar surface area (TPSA) is 42.1 Å². The molecule has 1 heterocycles. The number of rotatable bonds is 2. The molecule has 3 nitrogen and oxygen atoms in total. The van der Waals surface area contributed by atoms with Gasteiger partial charge in [-0.25, -0.2) is 0 Å². The van der Waals surface area contributed by atoms with Crippen molar-refractivity contribution in [1.82, 2.24) is 4.98 Å². The van der Waals surface area contributed by atoms with Crippen LogP contribution in [0.3, 0.4) is 0 Å². The van der Waals surface area contributed by atoms with Gasteiger partial charge in [-0.1, -0.05) is 0 Å². The van der Waals surface area contributed by atoms with E-state index in [1.807, 2.05) is 6.92 Å². The molecule has 0 aliphatic rings. The van der Waals surface area contributed by atoms with Crippen LogP contribution in [-0.4, -0.2) is 11.6 Å². The number of aromatic nitrogens is 1. The Kier molecular flexibility index (Phi) is 3.34. The number of hydrogen-bond donors (Lipinski definition) is 1. The van der Waals surface area contributed by atoms with Crippen LogP contribution in [-0.2, 0) is 0 Å². The first-order valence-electron chi connectivity index (χ1n) is 3.36. The van der Waals surface area contributed by atoms with Gasteiger partial charge in [0.05, 0.1) is 11.1 Å². The molecule has 5 heteroatoms. The Hall–Kier alpha value is -0.290. The van der Waals surface area contributed by atoms with Crippen molar-refractivity contribution in [3.05, 3.63) is 25.4 Å². The summed E-state index contributed by atoms with van der Waals surface area (Å²) in [6, 6.07) is 0. The van der Waals surface area contributed by atoms with Crippen LogP contribution in [0.1, 0.15) is 6.92 Å². The summed E-state index contributed by atoms with van der Waals surface area (Å²) in [7, 11) is 0. The van der Waals surface area contributed by atoms with E-state index < -0.39 is 0 Å². The first kappa shape index (κ1) is 9.80. The van der Waals surface area contributed by atoms with Gasteiger partial charge < -0.3 is 9.72 Å². The molecular weight excluding hydrogens is 290 g/mol. The van der Waals surface area contributed by atoms with Crippen molar-refractivity contribution in [2.75, 3.05) is 6.61 Å². The molecule has 12 heavy (non-hydrogen) atoms. The first-order chi connectivity index (χ1) is 5.66. The van der Waals surface area contributed by atoms with E-state index in [1.54, 1.807) is 6.20 Å². The molecule has 0 fully saturated rings. The lowest BCUT2D eigenvalue weighted by molar-refractivity contribution is 0.324. The van der Waals surface area contributed by atoms with E-state index in [4.69, 9.17) is 4.74 Å². The Labute approximate surface area is 86.4 Å². The van der Waals surface area contributed by atoms with Gasteiger partial charge in [0.2, 0.25) is 11.3 Å². The number of H-pyrrole nitrogens is 1. The van der Waals surface area contributed by atoms with E-state index in [0.29, 0.717) is 21.4 Å². The highest BCUT2D eigenvalue weighted by Gasteiger charge is 2.07. The zero-order valence-corrected chi connectivity index (χ0v) is 9.53. The van der Waals surface area contributed by atoms with Gasteiger partial charge in [0, 0.05) is 6.20 Å². The second kappa shape index (κ2) is 4.09. The van der Waals surface area contributed by atoms with Gasteiger partial charge in [0.25, 0.3) is 0 Å². The van der Waals surface area contributed by atoms with Gasteiger partial charge in [-0.05, 0) is 38.8 Å². The first-order valence-corrected chi connectivity index (χ1v) is 4.95. The molecule has 0 saturated carbocycles. The minimum absolute atomic E-state index is 0.114. The molecule has 0 unspecified atom stereocenters. The molecule has 0 bridgehead atoms. The fourth-order valence-electron chi connectivity index (χ4n) is 0.715. The van der Waals surface area contributed by atoms with Crippen LogP contribution >= 0.6 is 31.9 Å². The van der Waals surface area contributed by atoms with Gasteiger partial charge in [-0.15, -0.1) is 0 Å². The molecule has 66 valence electrons. The third kappa shape index (κ3) is 1.90. The normalized spacial score (nSPS) is 9.92. The van der Waals surface area contributed by atoms with Crippen LogP contribution in [0, 0.1) is 0 Å². The Morgan fingerprint density at radius 1 is 1.58 bits per heavy atom. The van der Waals surface area contributed by atoms with Crippen molar-refractivity contribution in [1.29, 1.82) is 0 Å². The SMILES string of the molecule is CCOc1[nH]cc(Br)c(=O)c1Br. The zero-order valence-electron chi connectivity index (χ0n) is 6.36. The molecule has 1 aromatic rings. The largest absolute Gasteiger partial charge is 0.478 e. The van der Waals surface area contributed by atoms with Gasteiger partial charge in [-0.2, -0.15) is 0 Å². The predicted octanol–water partition coefficient (Wildman–Crippen LogP) is 2.30. The third-order valence-electron chi connectivity index (χ3n) is 1.23. The van der Waals surface area contributed by atoms with Gasteiger partial charge >= 0.3 is 0 Å². The van der Waals surface area contributed by atoms with Crippen LogP contribution < -0.4 is 10.2 Å². The maximum absolute atomic E-state index is 11.3. The van der Waals surface area contributed by atoms with Crippen LogP contribution in [0.25, 0.3) is 0 Å². The van der Waals surface area contributed by atoms with E-state index in [1.165, 1.54) is 0 Å². The molecule has 0 atom stereocenters. The number of halogens is 2. The van der Waals surface area contributed by atoms with E-state index in [2.05, 4.69) is 36.8 Å². The van der Waals surface area contributed by atoms with Crippen LogP contribution in [0.5, 0.6) is 5.88 Å². The standard InChI is InChI=1S/C7H7Br2NO2/c1-2-12-7-5(9)6(11)4(8)3-10-7/h3H,2H2,1H3,(H,10,11). The minimum Gasteiger partial charge on any atom is -0.478 e. The summed E-state index contributed by atoms with van der Waals surface area (Å²) in [5, 5.41) is 0. The van der Waals surface area contributed by atoms with Gasteiger partial charge in [0.15, 0.2) is 0 Å². The van der Waals surface area contributed by atoms with Crippen molar-refractivity contribution >= 4 is 31.9 Å². The van der Waals surface area contributed by atoms with Crippen LogP contribution in [0.15, 0.2) is 19.9 Å². The average Bonchev–Trinajstić information content (AvgIpc) is 2.07. The predicted molar refractivity (Wildman–Crippen MR) is 53.6 cm³/mol. The van der Waals surface area contributed by atoms with Gasteiger partial charge in [-0.3, -0.25) is 4.79 Å². The summed E-state index contributed by atoms with van der Waals surface area (Å²) in [6.07, 6.45) is 1.55. The van der Waals surface area contributed by atoms with E-state index in [0.717, 1.165) is 0 Å². The molecule has 0 radical (unpaired) electrons. The van der Waals surface area contributed by atoms with Crippen molar-refractivity contribution < 1.29 is 4.74 Å². The van der Waals surface area contributed by atoms with Crippen molar-refractivity contribution in [3.8, 4) is 5.88 Å². The fraction of sp³-hybridized carbons (Fsp3) is 0.286. The molecule has 0 aliphatic carbocycles. The molecule has 1 aromatic heterocycles. The summed E-state index contributed by atoms with van der Waals surface area (Å²) in [5.41, 5.74) is -0.114. The lowest BCUT2D eigenvalue weighted by atomic mass is 10.5. The summed E-state index contributed by atoms with van der Waals surface area (Å²) in [6.45, 7) is 2.38. The lowest BCUT2D eigenvalue weighted by Crippen LogP contribution is -2.07. The summed E-state index contributed by atoms with van der Waals surface area (Å²) in [5.74, 6) is 0.464. The monoisotopic (exact) mass is 295 g/mol. The molecule has 1 N–H and O–H groups in total. The minimum atomic E-state index is -0.114. The Morgan fingerprint density at radius 3 is 2.83 bits per heavy atom. The molecule has 0 aliphatic heterocycles. The molecule has 0 spiro atoms.